The zero-order valence-electron chi connectivity index (χ0n) is 14.7. The van der Waals surface area contributed by atoms with E-state index in [0.29, 0.717) is 37.0 Å². The summed E-state index contributed by atoms with van der Waals surface area (Å²) in [5.41, 5.74) is 0.176. The summed E-state index contributed by atoms with van der Waals surface area (Å²) in [7, 11) is 1.06. The lowest BCUT2D eigenvalue weighted by Gasteiger charge is -2.31. The highest BCUT2D eigenvalue weighted by Crippen LogP contribution is 2.28. The second-order valence-electron chi connectivity index (χ2n) is 6.47. The molecule has 7 nitrogen and oxygen atoms in total. The van der Waals surface area contributed by atoms with Crippen LogP contribution in [0.1, 0.15) is 30.3 Å². The summed E-state index contributed by atoms with van der Waals surface area (Å²) in [5.74, 6) is -1.21. The lowest BCUT2D eigenvalue weighted by molar-refractivity contribution is -0.147. The normalized spacial score (nSPS) is 15.8. The van der Waals surface area contributed by atoms with Crippen LogP contribution in [0, 0.1) is 0 Å². The van der Waals surface area contributed by atoms with Gasteiger partial charge in [-0.3, -0.25) is 4.57 Å². The molecule has 1 aliphatic heterocycles. The van der Waals surface area contributed by atoms with Crippen LogP contribution in [0.15, 0.2) is 35.1 Å². The van der Waals surface area contributed by atoms with E-state index < -0.39 is 23.7 Å². The number of urea groups is 1. The minimum Gasteiger partial charge on any atom is -0.334 e. The Bertz CT molecular complexity index is 852. The number of carbonyl (C=O) groups excluding carboxylic acids is 1. The third-order valence-corrected chi connectivity index (χ3v) is 4.64. The van der Waals surface area contributed by atoms with Crippen LogP contribution >= 0.6 is 0 Å². The fourth-order valence-electron chi connectivity index (χ4n) is 3.14. The summed E-state index contributed by atoms with van der Waals surface area (Å²) in [5, 5.41) is 6.29. The number of piperidine rings is 1. The van der Waals surface area contributed by atoms with Crippen molar-refractivity contribution < 1.29 is 18.0 Å². The maximum Gasteiger partial charge on any atom is 0.451 e. The topological polar surface area (TPSA) is 72.2 Å². The molecule has 1 aliphatic rings. The number of halogens is 3. The fraction of sp³-hybridized carbons (Fsp3) is 0.471. The Morgan fingerprint density at radius 2 is 1.85 bits per heavy atom. The minimum absolute atomic E-state index is 0.235. The largest absolute Gasteiger partial charge is 0.451 e. The number of amides is 2. The molecule has 2 heterocycles. The number of alkyl halides is 3. The van der Waals surface area contributed by atoms with Crippen molar-refractivity contribution in [2.24, 2.45) is 7.05 Å². The second-order valence-corrected chi connectivity index (χ2v) is 6.47. The molecule has 0 atom stereocenters. The standard InChI is InChI=1S/C17H20F3N5O2/c1-23-14(17(18,19)20)22-25(16(23)27)13-7-9-24(10-8-13)15(26)21-11-12-5-3-2-4-6-12/h2-6,13H,7-11H2,1H3,(H,21,26). The number of nitrogens with zero attached hydrogens (tertiary/aromatic N) is 4. The fourth-order valence-corrected chi connectivity index (χ4v) is 3.14. The van der Waals surface area contributed by atoms with E-state index in [4.69, 9.17) is 0 Å². The SMILES string of the molecule is Cn1c(C(F)(F)F)nn(C2CCN(C(=O)NCc3ccccc3)CC2)c1=O. The van der Waals surface area contributed by atoms with E-state index in [1.54, 1.807) is 4.90 Å². The van der Waals surface area contributed by atoms with Crippen LogP contribution in [-0.4, -0.2) is 38.4 Å². The first-order valence-corrected chi connectivity index (χ1v) is 8.57. The molecule has 3 rings (SSSR count). The van der Waals surface area contributed by atoms with Gasteiger partial charge in [-0.05, 0) is 18.4 Å². The van der Waals surface area contributed by atoms with E-state index >= 15 is 0 Å². The van der Waals surface area contributed by atoms with Crippen molar-refractivity contribution >= 4 is 6.03 Å². The Kier molecular flexibility index (Phi) is 5.24. The van der Waals surface area contributed by atoms with E-state index in [1.807, 2.05) is 30.3 Å². The van der Waals surface area contributed by atoms with Gasteiger partial charge in [-0.25, -0.2) is 14.3 Å². The van der Waals surface area contributed by atoms with Crippen molar-refractivity contribution in [1.29, 1.82) is 0 Å². The number of aromatic nitrogens is 3. The molecule has 1 saturated heterocycles. The highest BCUT2D eigenvalue weighted by molar-refractivity contribution is 5.74. The Balaban J connectivity index is 1.59. The first-order valence-electron chi connectivity index (χ1n) is 8.57. The average molecular weight is 383 g/mol. The van der Waals surface area contributed by atoms with Gasteiger partial charge in [0.05, 0.1) is 6.04 Å². The molecule has 2 amide bonds. The van der Waals surface area contributed by atoms with Gasteiger partial charge < -0.3 is 10.2 Å². The average Bonchev–Trinajstić information content (AvgIpc) is 2.96. The second kappa shape index (κ2) is 7.45. The van der Waals surface area contributed by atoms with Crippen molar-refractivity contribution in [3.63, 3.8) is 0 Å². The molecule has 0 spiro atoms. The number of likely N-dealkylation sites (tertiary alicyclic amines) is 1. The maximum absolute atomic E-state index is 12.9. The van der Waals surface area contributed by atoms with Crippen molar-refractivity contribution in [1.82, 2.24) is 24.6 Å². The van der Waals surface area contributed by atoms with E-state index in [2.05, 4.69) is 10.4 Å². The molecule has 0 saturated carbocycles. The molecular formula is C17H20F3N5O2. The van der Waals surface area contributed by atoms with Gasteiger partial charge in [-0.15, -0.1) is 5.10 Å². The quantitative estimate of drug-likeness (QED) is 0.883. The number of carbonyl (C=O) groups is 1. The number of hydrogen-bond donors (Lipinski definition) is 1. The monoisotopic (exact) mass is 383 g/mol. The Morgan fingerprint density at radius 3 is 2.41 bits per heavy atom. The molecule has 2 aromatic rings. The van der Waals surface area contributed by atoms with Crippen molar-refractivity contribution in [2.45, 2.75) is 31.6 Å². The number of benzene rings is 1. The summed E-state index contributed by atoms with van der Waals surface area (Å²) in [6, 6.07) is 8.76. The van der Waals surface area contributed by atoms with Crippen LogP contribution in [0.25, 0.3) is 0 Å². The summed E-state index contributed by atoms with van der Waals surface area (Å²) in [6.07, 6.45) is -3.95. The third kappa shape index (κ3) is 4.15. The zero-order valence-corrected chi connectivity index (χ0v) is 14.7. The van der Waals surface area contributed by atoms with Crippen LogP contribution < -0.4 is 11.0 Å². The minimum atomic E-state index is -4.68. The van der Waals surface area contributed by atoms with E-state index in [1.165, 1.54) is 0 Å². The van der Waals surface area contributed by atoms with Gasteiger partial charge in [0.2, 0.25) is 5.82 Å². The molecule has 10 heteroatoms. The van der Waals surface area contributed by atoms with E-state index in [9.17, 15) is 22.8 Å². The molecule has 0 unspecified atom stereocenters. The predicted octanol–water partition coefficient (Wildman–Crippen LogP) is 2.15. The molecule has 1 N–H and O–H groups in total. The smallest absolute Gasteiger partial charge is 0.334 e. The van der Waals surface area contributed by atoms with Crippen LogP contribution in [-0.2, 0) is 19.8 Å². The van der Waals surface area contributed by atoms with Gasteiger partial charge in [0.15, 0.2) is 0 Å². The summed E-state index contributed by atoms with van der Waals surface area (Å²) < 4.78 is 40.1. The van der Waals surface area contributed by atoms with Gasteiger partial charge >= 0.3 is 17.9 Å². The molecule has 1 aromatic heterocycles. The first kappa shape index (κ1) is 19.0. The van der Waals surface area contributed by atoms with Crippen LogP contribution in [0.3, 0.4) is 0 Å². The third-order valence-electron chi connectivity index (χ3n) is 4.64. The van der Waals surface area contributed by atoms with E-state index in [0.717, 1.165) is 17.3 Å². The van der Waals surface area contributed by atoms with Gasteiger partial charge in [-0.1, -0.05) is 30.3 Å². The van der Waals surface area contributed by atoms with Crippen molar-refractivity contribution in [3.05, 3.63) is 52.2 Å². The van der Waals surface area contributed by atoms with Crippen LogP contribution in [0.4, 0.5) is 18.0 Å². The Morgan fingerprint density at radius 1 is 1.22 bits per heavy atom. The molecule has 0 radical (unpaired) electrons. The molecule has 1 aromatic carbocycles. The molecular weight excluding hydrogens is 363 g/mol. The zero-order chi connectivity index (χ0) is 19.6. The lowest BCUT2D eigenvalue weighted by Crippen LogP contribution is -2.45. The molecule has 0 aliphatic carbocycles. The molecule has 146 valence electrons. The van der Waals surface area contributed by atoms with Gasteiger partial charge in [-0.2, -0.15) is 13.2 Å². The highest BCUT2D eigenvalue weighted by atomic mass is 19.4. The van der Waals surface area contributed by atoms with Gasteiger partial charge in [0.25, 0.3) is 0 Å². The van der Waals surface area contributed by atoms with Crippen molar-refractivity contribution in [2.75, 3.05) is 13.1 Å². The van der Waals surface area contributed by atoms with Crippen LogP contribution in [0.5, 0.6) is 0 Å². The predicted molar refractivity (Wildman–Crippen MR) is 91.0 cm³/mol. The van der Waals surface area contributed by atoms with E-state index in [-0.39, 0.29) is 6.03 Å². The Labute approximate surface area is 153 Å². The van der Waals surface area contributed by atoms with Crippen molar-refractivity contribution in [3.8, 4) is 0 Å². The molecule has 1 fully saturated rings. The summed E-state index contributed by atoms with van der Waals surface area (Å²) in [4.78, 5) is 25.9. The maximum atomic E-state index is 12.9. The van der Waals surface area contributed by atoms with Crippen LogP contribution in [0.2, 0.25) is 0 Å². The lowest BCUT2D eigenvalue weighted by atomic mass is 10.1. The van der Waals surface area contributed by atoms with Gasteiger partial charge in [0, 0.05) is 26.7 Å². The number of hydrogen-bond acceptors (Lipinski definition) is 3. The molecule has 0 bridgehead atoms. The summed E-state index contributed by atoms with van der Waals surface area (Å²) in [6.45, 7) is 1.08. The molecule has 27 heavy (non-hydrogen) atoms. The first-order chi connectivity index (χ1) is 12.8. The highest BCUT2D eigenvalue weighted by Gasteiger charge is 2.39. The number of rotatable bonds is 3. The number of nitrogens with one attached hydrogen (secondary N) is 1. The van der Waals surface area contributed by atoms with Gasteiger partial charge in [0.1, 0.15) is 0 Å². The Hall–Kier alpha value is -2.78. The summed E-state index contributed by atoms with van der Waals surface area (Å²) >= 11 is 0.